The van der Waals surface area contributed by atoms with Crippen LogP contribution in [0.4, 0.5) is 11.6 Å². The Morgan fingerprint density at radius 3 is 2.87 bits per heavy atom. The van der Waals surface area contributed by atoms with Crippen LogP contribution in [-0.2, 0) is 11.2 Å². The van der Waals surface area contributed by atoms with Gasteiger partial charge >= 0.3 is 0 Å². The average Bonchev–Trinajstić information content (AvgIpc) is 3.28. The first-order valence-electron chi connectivity index (χ1n) is 11.0. The molecule has 2 aliphatic rings. The normalized spacial score (nSPS) is 16.9. The van der Waals surface area contributed by atoms with Crippen molar-refractivity contribution in [1.29, 1.82) is 0 Å². The second-order valence-corrected chi connectivity index (χ2v) is 8.98. The van der Waals surface area contributed by atoms with Crippen molar-refractivity contribution in [3.8, 4) is 5.88 Å². The number of unbranched alkanes of at least 4 members (excludes halogenated alkanes) is 1. The molecule has 0 spiro atoms. The molecule has 0 radical (unpaired) electrons. The first-order valence-corrected chi connectivity index (χ1v) is 11.9. The third-order valence-electron chi connectivity index (χ3n) is 5.97. The van der Waals surface area contributed by atoms with Crippen LogP contribution in [0.25, 0.3) is 10.1 Å². The number of aryl methyl sites for hydroxylation is 1. The smallest absolute Gasteiger partial charge is 0.225 e. The number of hydrogen-bond acceptors (Lipinski definition) is 7. The van der Waals surface area contributed by atoms with E-state index in [2.05, 4.69) is 42.6 Å². The fourth-order valence-corrected chi connectivity index (χ4v) is 5.11. The molecule has 0 saturated carbocycles. The van der Waals surface area contributed by atoms with E-state index in [0.717, 1.165) is 63.4 Å². The van der Waals surface area contributed by atoms with Gasteiger partial charge in [0.1, 0.15) is 11.6 Å². The zero-order valence-electron chi connectivity index (χ0n) is 17.5. The maximum atomic E-state index is 11.5. The van der Waals surface area contributed by atoms with Gasteiger partial charge in [-0.25, -0.2) is 4.98 Å². The maximum Gasteiger partial charge on any atom is 0.225 e. The summed E-state index contributed by atoms with van der Waals surface area (Å²) in [5, 5.41) is 6.25. The number of aromatic nitrogens is 2. The van der Waals surface area contributed by atoms with Crippen LogP contribution in [0.15, 0.2) is 35.8 Å². The molecule has 5 rings (SSSR count). The second-order valence-electron chi connectivity index (χ2n) is 8.06. The SMILES string of the molecule is O=C1CCc2ccc(OCCCCN3CCN(c4nccc5ccsc45)CC3)nc2N1. The number of thiophene rings is 1. The van der Waals surface area contributed by atoms with Crippen LogP contribution in [0.2, 0.25) is 0 Å². The van der Waals surface area contributed by atoms with E-state index in [4.69, 9.17) is 4.74 Å². The van der Waals surface area contributed by atoms with Crippen LogP contribution >= 0.6 is 11.3 Å². The average molecular weight is 438 g/mol. The largest absolute Gasteiger partial charge is 0.478 e. The summed E-state index contributed by atoms with van der Waals surface area (Å²) in [6.45, 7) is 5.90. The second kappa shape index (κ2) is 9.20. The van der Waals surface area contributed by atoms with Gasteiger partial charge in [0.2, 0.25) is 11.8 Å². The summed E-state index contributed by atoms with van der Waals surface area (Å²) in [5.41, 5.74) is 1.08. The third kappa shape index (κ3) is 4.65. The maximum absolute atomic E-state index is 11.5. The third-order valence-corrected chi connectivity index (χ3v) is 6.90. The van der Waals surface area contributed by atoms with Crippen molar-refractivity contribution in [2.75, 3.05) is 49.5 Å². The molecule has 7 nitrogen and oxygen atoms in total. The molecule has 8 heteroatoms. The van der Waals surface area contributed by atoms with Gasteiger partial charge in [0.05, 0.1) is 11.3 Å². The molecule has 0 atom stereocenters. The molecule has 1 fully saturated rings. The number of fused-ring (bicyclic) bond motifs is 2. The van der Waals surface area contributed by atoms with Crippen molar-refractivity contribution in [1.82, 2.24) is 14.9 Å². The summed E-state index contributed by atoms with van der Waals surface area (Å²) in [5.74, 6) is 2.40. The first kappa shape index (κ1) is 20.2. The highest BCUT2D eigenvalue weighted by atomic mass is 32.1. The van der Waals surface area contributed by atoms with Gasteiger partial charge in [-0.15, -0.1) is 11.3 Å². The molecule has 162 valence electrons. The van der Waals surface area contributed by atoms with Gasteiger partial charge in [0, 0.05) is 44.9 Å². The number of rotatable bonds is 7. The fourth-order valence-electron chi connectivity index (χ4n) is 4.20. The van der Waals surface area contributed by atoms with Gasteiger partial charge in [-0.05, 0) is 60.3 Å². The molecule has 0 bridgehead atoms. The van der Waals surface area contributed by atoms with Crippen molar-refractivity contribution in [3.63, 3.8) is 0 Å². The summed E-state index contributed by atoms with van der Waals surface area (Å²) in [6.07, 6.45) is 5.29. The summed E-state index contributed by atoms with van der Waals surface area (Å²) in [7, 11) is 0. The lowest BCUT2D eigenvalue weighted by atomic mass is 10.1. The zero-order valence-corrected chi connectivity index (χ0v) is 18.4. The van der Waals surface area contributed by atoms with Crippen LogP contribution in [0.3, 0.4) is 0 Å². The number of piperazine rings is 1. The lowest BCUT2D eigenvalue weighted by Crippen LogP contribution is -2.47. The Bertz CT molecular complexity index is 1060. The quantitative estimate of drug-likeness (QED) is 0.570. The lowest BCUT2D eigenvalue weighted by molar-refractivity contribution is -0.116. The summed E-state index contributed by atoms with van der Waals surface area (Å²) in [6, 6.07) is 8.16. The van der Waals surface area contributed by atoms with E-state index in [1.165, 1.54) is 10.1 Å². The number of hydrogen-bond donors (Lipinski definition) is 1. The molecule has 3 aromatic heterocycles. The minimum absolute atomic E-state index is 0.0279. The molecule has 0 unspecified atom stereocenters. The van der Waals surface area contributed by atoms with E-state index in [9.17, 15) is 4.79 Å². The van der Waals surface area contributed by atoms with E-state index >= 15 is 0 Å². The molecule has 0 aromatic carbocycles. The Morgan fingerprint density at radius 2 is 1.97 bits per heavy atom. The minimum Gasteiger partial charge on any atom is -0.478 e. The number of pyridine rings is 2. The summed E-state index contributed by atoms with van der Waals surface area (Å²) < 4.78 is 7.10. The topological polar surface area (TPSA) is 70.6 Å². The monoisotopic (exact) mass is 437 g/mol. The lowest BCUT2D eigenvalue weighted by Gasteiger charge is -2.35. The molecule has 5 heterocycles. The van der Waals surface area contributed by atoms with Crippen LogP contribution in [0.1, 0.15) is 24.8 Å². The molecule has 2 aliphatic heterocycles. The minimum atomic E-state index is 0.0279. The molecular formula is C23H27N5O2S. The standard InChI is InChI=1S/C23H27N5O2S/c29-19-5-3-18-4-6-20(26-22(18)25-19)30-15-2-1-10-27-11-13-28(14-12-27)23-21-17(7-9-24-23)8-16-31-21/h4,6-9,16H,1-3,5,10-15H2,(H,25,26,29). The van der Waals surface area contributed by atoms with Crippen LogP contribution in [0, 0.1) is 0 Å². The van der Waals surface area contributed by atoms with E-state index < -0.39 is 0 Å². The zero-order chi connectivity index (χ0) is 21.0. The highest BCUT2D eigenvalue weighted by Crippen LogP contribution is 2.30. The van der Waals surface area contributed by atoms with Crippen molar-refractivity contribution in [3.05, 3.63) is 41.4 Å². The molecule has 1 N–H and O–H groups in total. The number of carbonyl (C=O) groups is 1. The predicted molar refractivity (Wildman–Crippen MR) is 124 cm³/mol. The van der Waals surface area contributed by atoms with E-state index in [-0.39, 0.29) is 5.91 Å². The molecule has 3 aromatic rings. The Kier molecular flexibility index (Phi) is 5.99. The molecule has 1 saturated heterocycles. The van der Waals surface area contributed by atoms with Gasteiger partial charge in [0.15, 0.2) is 0 Å². The Morgan fingerprint density at radius 1 is 1.06 bits per heavy atom. The number of nitrogens with zero attached hydrogens (tertiary/aromatic N) is 4. The highest BCUT2D eigenvalue weighted by molar-refractivity contribution is 7.17. The van der Waals surface area contributed by atoms with Crippen LogP contribution in [0.5, 0.6) is 5.88 Å². The molecule has 31 heavy (non-hydrogen) atoms. The van der Waals surface area contributed by atoms with Crippen LogP contribution in [-0.4, -0.2) is 60.1 Å². The van der Waals surface area contributed by atoms with Crippen molar-refractivity contribution in [2.24, 2.45) is 0 Å². The Labute approximate surface area is 186 Å². The summed E-state index contributed by atoms with van der Waals surface area (Å²) in [4.78, 5) is 25.5. The number of amides is 1. The van der Waals surface area contributed by atoms with Crippen molar-refractivity contribution in [2.45, 2.75) is 25.7 Å². The van der Waals surface area contributed by atoms with Gasteiger partial charge < -0.3 is 15.0 Å². The van der Waals surface area contributed by atoms with E-state index in [0.29, 0.717) is 24.7 Å². The Hall–Kier alpha value is -2.71. The molecule has 1 amide bonds. The van der Waals surface area contributed by atoms with Gasteiger partial charge in [-0.3, -0.25) is 9.69 Å². The highest BCUT2D eigenvalue weighted by Gasteiger charge is 2.20. The van der Waals surface area contributed by atoms with Gasteiger partial charge in [-0.1, -0.05) is 0 Å². The number of ether oxygens (including phenoxy) is 1. The predicted octanol–water partition coefficient (Wildman–Crippen LogP) is 3.56. The molecule has 0 aliphatic carbocycles. The summed E-state index contributed by atoms with van der Waals surface area (Å²) >= 11 is 1.78. The van der Waals surface area contributed by atoms with Gasteiger partial charge in [-0.2, -0.15) is 4.98 Å². The number of carbonyl (C=O) groups excluding carboxylic acids is 1. The fraction of sp³-hybridized carbons (Fsp3) is 0.435. The first-order chi connectivity index (χ1) is 15.3. The van der Waals surface area contributed by atoms with Gasteiger partial charge in [0.25, 0.3) is 0 Å². The van der Waals surface area contributed by atoms with Crippen LogP contribution < -0.4 is 15.0 Å². The van der Waals surface area contributed by atoms with E-state index in [1.807, 2.05) is 18.3 Å². The number of nitrogens with one attached hydrogen (secondary N) is 1. The van der Waals surface area contributed by atoms with Crippen molar-refractivity contribution >= 4 is 39.0 Å². The van der Waals surface area contributed by atoms with E-state index in [1.54, 1.807) is 11.3 Å². The molecular weight excluding hydrogens is 410 g/mol. The number of anilines is 2. The van der Waals surface area contributed by atoms with Crippen molar-refractivity contribution < 1.29 is 9.53 Å². The Balaban J connectivity index is 1.03.